The quantitative estimate of drug-likeness (QED) is 0.374. The second kappa shape index (κ2) is 6.66. The average molecular weight is 395 g/mol. The lowest BCUT2D eigenvalue weighted by Crippen LogP contribution is -2.17. The Balaban J connectivity index is 1.46. The number of nitrogens with zero attached hydrogens (tertiary/aromatic N) is 2. The van der Waals surface area contributed by atoms with Gasteiger partial charge in [0.15, 0.2) is 0 Å². The average Bonchev–Trinajstić information content (AvgIpc) is 3.30. The van der Waals surface area contributed by atoms with Gasteiger partial charge in [-0.15, -0.1) is 10.2 Å². The zero-order valence-corrected chi connectivity index (χ0v) is 17.9. The molecule has 150 valence electrons. The van der Waals surface area contributed by atoms with Crippen molar-refractivity contribution < 1.29 is 4.42 Å². The summed E-state index contributed by atoms with van der Waals surface area (Å²) in [5.74, 6) is 1.12. The molecule has 0 atom stereocenters. The summed E-state index contributed by atoms with van der Waals surface area (Å²) >= 11 is 0. The molecule has 4 aromatic rings. The number of fused-ring (bicyclic) bond motifs is 1. The second-order valence-electron chi connectivity index (χ2n) is 9.56. The predicted octanol–water partition coefficient (Wildman–Crippen LogP) is 7.03. The SMILES string of the molecule is CC1(C)CC(C)(C)c2cc(-c3nnc(-c4ccc(-c5ccccc5)cc4)o3)ccc21. The first-order chi connectivity index (χ1) is 14.3. The molecular weight excluding hydrogens is 368 g/mol. The van der Waals surface area contributed by atoms with Crippen LogP contribution in [0, 0.1) is 0 Å². The van der Waals surface area contributed by atoms with Gasteiger partial charge in [-0.1, -0.05) is 76.2 Å². The maximum absolute atomic E-state index is 6.06. The summed E-state index contributed by atoms with van der Waals surface area (Å²) in [5.41, 5.74) is 7.42. The first-order valence-electron chi connectivity index (χ1n) is 10.5. The monoisotopic (exact) mass is 394 g/mol. The summed E-state index contributed by atoms with van der Waals surface area (Å²) < 4.78 is 6.06. The first kappa shape index (κ1) is 18.8. The van der Waals surface area contributed by atoms with Gasteiger partial charge in [-0.2, -0.15) is 0 Å². The Bertz CT molecular complexity index is 1200. The van der Waals surface area contributed by atoms with E-state index < -0.39 is 0 Å². The van der Waals surface area contributed by atoms with E-state index in [1.807, 2.05) is 30.3 Å². The third-order valence-electron chi connectivity index (χ3n) is 6.27. The van der Waals surface area contributed by atoms with Crippen LogP contribution in [0.4, 0.5) is 0 Å². The lowest BCUT2D eigenvalue weighted by Gasteiger charge is -2.22. The molecule has 1 heterocycles. The standard InChI is InChI=1S/C27H26N2O/c1-26(2)17-27(3,4)23-16-21(14-15-22(23)26)25-29-28-24(30-25)20-12-10-19(11-13-20)18-8-6-5-7-9-18/h5-16H,17H2,1-4H3. The molecule has 1 aliphatic carbocycles. The summed E-state index contributed by atoms with van der Waals surface area (Å²) in [6.07, 6.45) is 1.14. The third-order valence-corrected chi connectivity index (χ3v) is 6.27. The van der Waals surface area contributed by atoms with Gasteiger partial charge in [0.2, 0.25) is 11.8 Å². The minimum absolute atomic E-state index is 0.144. The lowest BCUT2D eigenvalue weighted by molar-refractivity contribution is 0.403. The summed E-state index contributed by atoms with van der Waals surface area (Å²) in [4.78, 5) is 0. The fourth-order valence-electron chi connectivity index (χ4n) is 5.02. The Kier molecular flexibility index (Phi) is 4.18. The van der Waals surface area contributed by atoms with Crippen LogP contribution < -0.4 is 0 Å². The Morgan fingerprint density at radius 3 is 1.83 bits per heavy atom. The molecule has 5 rings (SSSR count). The minimum Gasteiger partial charge on any atom is -0.416 e. The Morgan fingerprint density at radius 2 is 1.13 bits per heavy atom. The van der Waals surface area contributed by atoms with Gasteiger partial charge < -0.3 is 4.42 Å². The predicted molar refractivity (Wildman–Crippen MR) is 121 cm³/mol. The molecule has 0 bridgehead atoms. The zero-order valence-electron chi connectivity index (χ0n) is 17.9. The molecule has 0 aliphatic heterocycles. The van der Waals surface area contributed by atoms with Crippen molar-refractivity contribution in [3.05, 3.63) is 83.9 Å². The van der Waals surface area contributed by atoms with Gasteiger partial charge in [0.1, 0.15) is 0 Å². The summed E-state index contributed by atoms with van der Waals surface area (Å²) in [7, 11) is 0. The van der Waals surface area contributed by atoms with Gasteiger partial charge in [-0.05, 0) is 63.8 Å². The molecule has 0 fully saturated rings. The van der Waals surface area contributed by atoms with E-state index in [1.54, 1.807) is 0 Å². The summed E-state index contributed by atoms with van der Waals surface area (Å²) in [6.45, 7) is 9.28. The zero-order chi connectivity index (χ0) is 20.9. The summed E-state index contributed by atoms with van der Waals surface area (Å²) in [6, 6.07) is 25.2. The van der Waals surface area contributed by atoms with Gasteiger partial charge in [0, 0.05) is 11.1 Å². The van der Waals surface area contributed by atoms with Crippen molar-refractivity contribution in [2.24, 2.45) is 0 Å². The van der Waals surface area contributed by atoms with E-state index in [-0.39, 0.29) is 10.8 Å². The second-order valence-corrected chi connectivity index (χ2v) is 9.56. The fraction of sp³-hybridized carbons (Fsp3) is 0.259. The summed E-state index contributed by atoms with van der Waals surface area (Å²) in [5, 5.41) is 8.64. The Morgan fingerprint density at radius 1 is 0.600 bits per heavy atom. The van der Waals surface area contributed by atoms with Crippen molar-refractivity contribution in [1.29, 1.82) is 0 Å². The molecule has 0 saturated heterocycles. The number of rotatable bonds is 3. The highest BCUT2D eigenvalue weighted by atomic mass is 16.4. The number of benzene rings is 3. The largest absolute Gasteiger partial charge is 0.416 e. The van der Waals surface area contributed by atoms with Crippen LogP contribution in [0.3, 0.4) is 0 Å². The smallest absolute Gasteiger partial charge is 0.248 e. The Hall–Kier alpha value is -3.20. The van der Waals surface area contributed by atoms with Crippen LogP contribution in [0.1, 0.15) is 45.2 Å². The van der Waals surface area contributed by atoms with Gasteiger partial charge in [0.25, 0.3) is 0 Å². The van der Waals surface area contributed by atoms with Gasteiger partial charge in [0.05, 0.1) is 0 Å². The number of hydrogen-bond donors (Lipinski definition) is 0. The molecule has 0 radical (unpaired) electrons. The van der Waals surface area contributed by atoms with Crippen molar-refractivity contribution in [3.63, 3.8) is 0 Å². The highest BCUT2D eigenvalue weighted by Crippen LogP contribution is 2.50. The van der Waals surface area contributed by atoms with E-state index in [9.17, 15) is 0 Å². The molecule has 0 unspecified atom stereocenters. The molecular formula is C27H26N2O. The normalized spacial score (nSPS) is 16.4. The molecule has 3 aromatic carbocycles. The molecule has 3 nitrogen and oxygen atoms in total. The number of aromatic nitrogens is 2. The first-order valence-corrected chi connectivity index (χ1v) is 10.5. The maximum Gasteiger partial charge on any atom is 0.248 e. The van der Waals surface area contributed by atoms with E-state index >= 15 is 0 Å². The highest BCUT2D eigenvalue weighted by Gasteiger charge is 2.41. The molecule has 30 heavy (non-hydrogen) atoms. The number of hydrogen-bond acceptors (Lipinski definition) is 3. The fourth-order valence-corrected chi connectivity index (χ4v) is 5.02. The molecule has 0 spiro atoms. The third kappa shape index (κ3) is 3.15. The topological polar surface area (TPSA) is 38.9 Å². The van der Waals surface area contributed by atoms with Crippen molar-refractivity contribution in [2.45, 2.75) is 44.9 Å². The maximum atomic E-state index is 6.06. The molecule has 0 amide bonds. The lowest BCUT2D eigenvalue weighted by atomic mass is 9.82. The van der Waals surface area contributed by atoms with Crippen molar-refractivity contribution in [2.75, 3.05) is 0 Å². The van der Waals surface area contributed by atoms with Crippen LogP contribution in [0.2, 0.25) is 0 Å². The van der Waals surface area contributed by atoms with Crippen LogP contribution in [0.15, 0.2) is 77.2 Å². The molecule has 0 N–H and O–H groups in total. The van der Waals surface area contributed by atoms with Crippen LogP contribution in [0.25, 0.3) is 34.0 Å². The molecule has 1 aromatic heterocycles. The molecule has 1 aliphatic rings. The van der Waals surface area contributed by atoms with Gasteiger partial charge >= 0.3 is 0 Å². The minimum atomic E-state index is 0.144. The van der Waals surface area contributed by atoms with Crippen molar-refractivity contribution in [1.82, 2.24) is 10.2 Å². The van der Waals surface area contributed by atoms with E-state index in [2.05, 4.69) is 80.4 Å². The van der Waals surface area contributed by atoms with E-state index in [0.717, 1.165) is 17.5 Å². The van der Waals surface area contributed by atoms with Crippen LogP contribution in [0.5, 0.6) is 0 Å². The van der Waals surface area contributed by atoms with Crippen LogP contribution in [-0.4, -0.2) is 10.2 Å². The Labute approximate surface area is 177 Å². The van der Waals surface area contributed by atoms with Gasteiger partial charge in [-0.3, -0.25) is 0 Å². The highest BCUT2D eigenvalue weighted by molar-refractivity contribution is 5.68. The van der Waals surface area contributed by atoms with Crippen molar-refractivity contribution in [3.8, 4) is 34.0 Å². The van der Waals surface area contributed by atoms with Crippen LogP contribution in [-0.2, 0) is 10.8 Å². The van der Waals surface area contributed by atoms with E-state index in [4.69, 9.17) is 4.42 Å². The van der Waals surface area contributed by atoms with E-state index in [0.29, 0.717) is 11.8 Å². The van der Waals surface area contributed by atoms with Gasteiger partial charge in [-0.25, -0.2) is 0 Å². The van der Waals surface area contributed by atoms with Crippen LogP contribution >= 0.6 is 0 Å². The van der Waals surface area contributed by atoms with E-state index in [1.165, 1.54) is 22.3 Å². The molecule has 3 heteroatoms. The molecule has 0 saturated carbocycles. The van der Waals surface area contributed by atoms with Crippen molar-refractivity contribution >= 4 is 0 Å².